The van der Waals surface area contributed by atoms with E-state index in [4.69, 9.17) is 4.42 Å². The van der Waals surface area contributed by atoms with Crippen LogP contribution in [-0.2, 0) is 6.42 Å². The van der Waals surface area contributed by atoms with Crippen LogP contribution < -0.4 is 10.6 Å². The van der Waals surface area contributed by atoms with Gasteiger partial charge in [0.2, 0.25) is 5.95 Å². The third kappa shape index (κ3) is 4.93. The molecule has 0 radical (unpaired) electrons. The Bertz CT molecular complexity index is 1170. The third-order valence-electron chi connectivity index (χ3n) is 5.96. The van der Waals surface area contributed by atoms with Crippen molar-refractivity contribution in [2.24, 2.45) is 5.92 Å². The molecule has 4 rings (SSSR count). The largest absolute Gasteiger partial charge is 0.454 e. The minimum absolute atomic E-state index is 0.134. The minimum atomic E-state index is -4.47. The predicted molar refractivity (Wildman–Crippen MR) is 118 cm³/mol. The molecule has 0 aliphatic heterocycles. The van der Waals surface area contributed by atoms with Gasteiger partial charge in [-0.15, -0.1) is 0 Å². The predicted octanol–water partition coefficient (Wildman–Crippen LogP) is 2.64. The molecular formula is C22H26F3N5O4. The smallest absolute Gasteiger partial charge is 0.405 e. The molecule has 184 valence electrons. The maximum Gasteiger partial charge on any atom is 0.405 e. The highest BCUT2D eigenvalue weighted by Crippen LogP contribution is 2.37. The molecule has 0 unspecified atom stereocenters. The number of fused-ring (bicyclic) bond motifs is 1. The first-order valence-corrected chi connectivity index (χ1v) is 10.9. The van der Waals surface area contributed by atoms with Gasteiger partial charge in [0.1, 0.15) is 24.2 Å². The SMILES string of the molecule is CCc1cc2cc(-c3c(C)nc(NCC(F)(F)F)nc3N[C@@H]3C[C@H](CO)[C@@H](O)[C@H]3O)oc2cn1. The van der Waals surface area contributed by atoms with E-state index in [2.05, 4.69) is 25.6 Å². The molecule has 0 bridgehead atoms. The first-order valence-electron chi connectivity index (χ1n) is 10.9. The van der Waals surface area contributed by atoms with Crippen molar-refractivity contribution in [2.75, 3.05) is 23.8 Å². The molecule has 1 fully saturated rings. The summed E-state index contributed by atoms with van der Waals surface area (Å²) >= 11 is 0. The monoisotopic (exact) mass is 481 g/mol. The van der Waals surface area contributed by atoms with Crippen molar-refractivity contribution in [3.63, 3.8) is 0 Å². The number of nitrogens with one attached hydrogen (secondary N) is 2. The number of nitrogens with zero attached hydrogens (tertiary/aromatic N) is 3. The van der Waals surface area contributed by atoms with Crippen molar-refractivity contribution >= 4 is 22.7 Å². The van der Waals surface area contributed by atoms with Gasteiger partial charge in [0, 0.05) is 23.6 Å². The van der Waals surface area contributed by atoms with Crippen molar-refractivity contribution in [1.29, 1.82) is 0 Å². The molecule has 1 saturated carbocycles. The van der Waals surface area contributed by atoms with Crippen LogP contribution in [0.1, 0.15) is 24.7 Å². The van der Waals surface area contributed by atoms with E-state index in [1.807, 2.05) is 13.0 Å². The van der Waals surface area contributed by atoms with Crippen LogP contribution in [0.4, 0.5) is 24.9 Å². The number of anilines is 2. The van der Waals surface area contributed by atoms with Gasteiger partial charge < -0.3 is 30.4 Å². The number of rotatable bonds is 7. The summed E-state index contributed by atoms with van der Waals surface area (Å²) in [7, 11) is 0. The Kier molecular flexibility index (Phi) is 6.65. The van der Waals surface area contributed by atoms with Gasteiger partial charge in [0.15, 0.2) is 5.58 Å². The van der Waals surface area contributed by atoms with Crippen molar-refractivity contribution < 1.29 is 32.9 Å². The van der Waals surface area contributed by atoms with Crippen molar-refractivity contribution in [2.45, 2.75) is 51.1 Å². The fourth-order valence-corrected chi connectivity index (χ4v) is 4.16. The second kappa shape index (κ2) is 9.35. The van der Waals surface area contributed by atoms with E-state index in [-0.39, 0.29) is 24.8 Å². The number of hydrogen-bond donors (Lipinski definition) is 5. The molecule has 0 spiro atoms. The van der Waals surface area contributed by atoms with Crippen molar-refractivity contribution in [3.8, 4) is 11.3 Å². The summed E-state index contributed by atoms with van der Waals surface area (Å²) in [6.45, 7) is 1.95. The summed E-state index contributed by atoms with van der Waals surface area (Å²) in [5.74, 6) is -0.292. The summed E-state index contributed by atoms with van der Waals surface area (Å²) in [5, 5.41) is 36.1. The van der Waals surface area contributed by atoms with Crippen LogP contribution >= 0.6 is 0 Å². The highest BCUT2D eigenvalue weighted by atomic mass is 19.4. The van der Waals surface area contributed by atoms with Gasteiger partial charge in [-0.25, -0.2) is 4.98 Å². The molecule has 9 nitrogen and oxygen atoms in total. The van der Waals surface area contributed by atoms with Gasteiger partial charge >= 0.3 is 6.18 Å². The average molecular weight is 481 g/mol. The van der Waals surface area contributed by atoms with Crippen LogP contribution in [-0.4, -0.2) is 67.8 Å². The number of aromatic nitrogens is 3. The zero-order valence-corrected chi connectivity index (χ0v) is 18.6. The standard InChI is InChI=1S/C22H26F3N5O4/c1-3-13-4-11-6-15(34-16(11)7-26-13)17-10(2)28-21(27-9-22(23,24)25)30-20(17)29-14-5-12(8-31)18(32)19(14)33/h4,6-7,12,14,18-19,31-33H,3,5,8-9H2,1-2H3,(H2,27,28,29,30)/t12-,14-,18-,19+/m1/s1. The van der Waals surface area contributed by atoms with E-state index < -0.39 is 36.9 Å². The maximum absolute atomic E-state index is 12.7. The average Bonchev–Trinajstić information content (AvgIpc) is 3.32. The Morgan fingerprint density at radius 1 is 1.18 bits per heavy atom. The lowest BCUT2D eigenvalue weighted by Gasteiger charge is -2.21. The Balaban J connectivity index is 1.75. The van der Waals surface area contributed by atoms with E-state index in [0.717, 1.165) is 17.5 Å². The van der Waals surface area contributed by atoms with Crippen LogP contribution in [0.3, 0.4) is 0 Å². The fourth-order valence-electron chi connectivity index (χ4n) is 4.16. The van der Waals surface area contributed by atoms with Gasteiger partial charge in [0.25, 0.3) is 0 Å². The number of pyridine rings is 1. The first-order chi connectivity index (χ1) is 16.1. The van der Waals surface area contributed by atoms with Crippen LogP contribution in [0.5, 0.6) is 0 Å². The van der Waals surface area contributed by atoms with E-state index in [9.17, 15) is 28.5 Å². The van der Waals surface area contributed by atoms with Crippen LogP contribution in [0.25, 0.3) is 22.3 Å². The number of furan rings is 1. The van der Waals surface area contributed by atoms with Crippen molar-refractivity contribution in [1.82, 2.24) is 15.0 Å². The molecule has 1 aliphatic rings. The van der Waals surface area contributed by atoms with Gasteiger partial charge in [-0.3, -0.25) is 4.98 Å². The van der Waals surface area contributed by atoms with Crippen LogP contribution in [0, 0.1) is 12.8 Å². The Morgan fingerprint density at radius 2 is 1.94 bits per heavy atom. The summed E-state index contributed by atoms with van der Waals surface area (Å²) in [6, 6.07) is 2.95. The lowest BCUT2D eigenvalue weighted by Crippen LogP contribution is -2.36. The lowest BCUT2D eigenvalue weighted by molar-refractivity contribution is -0.115. The molecular weight excluding hydrogens is 455 g/mol. The normalized spacial score (nSPS) is 22.9. The van der Waals surface area contributed by atoms with Crippen LogP contribution in [0.2, 0.25) is 0 Å². The van der Waals surface area contributed by atoms with E-state index in [0.29, 0.717) is 22.6 Å². The Hall–Kier alpha value is -2.96. The number of aliphatic hydroxyl groups excluding tert-OH is 3. The summed E-state index contributed by atoms with van der Waals surface area (Å²) in [6.07, 6.45) is -4.26. The zero-order chi connectivity index (χ0) is 24.6. The van der Waals surface area contributed by atoms with Gasteiger partial charge in [-0.05, 0) is 31.9 Å². The molecule has 1 aliphatic carbocycles. The number of aliphatic hydroxyl groups is 3. The number of alkyl halides is 3. The summed E-state index contributed by atoms with van der Waals surface area (Å²) < 4.78 is 44.1. The quantitative estimate of drug-likeness (QED) is 0.345. The second-order valence-corrected chi connectivity index (χ2v) is 8.41. The molecule has 0 aromatic carbocycles. The first kappa shape index (κ1) is 24.2. The summed E-state index contributed by atoms with van der Waals surface area (Å²) in [4.78, 5) is 12.7. The number of aryl methyl sites for hydroxylation is 2. The zero-order valence-electron chi connectivity index (χ0n) is 18.6. The van der Waals surface area contributed by atoms with E-state index >= 15 is 0 Å². The second-order valence-electron chi connectivity index (χ2n) is 8.41. The number of hydrogen-bond acceptors (Lipinski definition) is 9. The molecule has 12 heteroatoms. The highest BCUT2D eigenvalue weighted by molar-refractivity contribution is 5.86. The highest BCUT2D eigenvalue weighted by Gasteiger charge is 2.41. The Labute approximate surface area is 193 Å². The third-order valence-corrected chi connectivity index (χ3v) is 5.96. The van der Waals surface area contributed by atoms with E-state index in [1.165, 1.54) is 0 Å². The Morgan fingerprint density at radius 3 is 2.59 bits per heavy atom. The molecule has 5 N–H and O–H groups in total. The molecule has 3 aromatic heterocycles. The molecule has 3 aromatic rings. The van der Waals surface area contributed by atoms with Crippen molar-refractivity contribution in [3.05, 3.63) is 29.7 Å². The molecule has 0 saturated heterocycles. The minimum Gasteiger partial charge on any atom is -0.454 e. The van der Waals surface area contributed by atoms with E-state index in [1.54, 1.807) is 19.2 Å². The summed E-state index contributed by atoms with van der Waals surface area (Å²) in [5.41, 5.74) is 2.14. The van der Waals surface area contributed by atoms with Gasteiger partial charge in [0.05, 0.1) is 29.6 Å². The fraction of sp³-hybridized carbons (Fsp3) is 0.500. The maximum atomic E-state index is 12.7. The molecule has 4 atom stereocenters. The lowest BCUT2D eigenvalue weighted by atomic mass is 10.1. The van der Waals surface area contributed by atoms with Gasteiger partial charge in [-0.2, -0.15) is 18.2 Å². The molecule has 0 amide bonds. The van der Waals surface area contributed by atoms with Crippen LogP contribution in [0.15, 0.2) is 22.7 Å². The number of halogens is 3. The van der Waals surface area contributed by atoms with Gasteiger partial charge in [-0.1, -0.05) is 6.92 Å². The molecule has 3 heterocycles. The molecule has 34 heavy (non-hydrogen) atoms. The topological polar surface area (TPSA) is 137 Å².